The first-order valence-corrected chi connectivity index (χ1v) is 6.92. The van der Waals surface area contributed by atoms with E-state index in [2.05, 4.69) is 0 Å². The first kappa shape index (κ1) is 14.9. The number of hydrogen-bond donors (Lipinski definition) is 1. The molecule has 0 aromatic heterocycles. The van der Waals surface area contributed by atoms with E-state index in [1.165, 1.54) is 18.2 Å². The van der Waals surface area contributed by atoms with Crippen LogP contribution in [0.2, 0.25) is 0 Å². The van der Waals surface area contributed by atoms with Crippen molar-refractivity contribution >= 4 is 5.97 Å². The third-order valence-electron chi connectivity index (χ3n) is 4.11. The molecule has 3 nitrogen and oxygen atoms in total. The van der Waals surface area contributed by atoms with Crippen LogP contribution in [0.5, 0.6) is 0 Å². The Kier molecular flexibility index (Phi) is 4.70. The van der Waals surface area contributed by atoms with Crippen LogP contribution < -0.4 is 0 Å². The zero-order valence-corrected chi connectivity index (χ0v) is 11.5. The average Bonchev–Trinajstić information content (AvgIpc) is 2.43. The molecule has 0 amide bonds. The molecule has 0 bridgehead atoms. The minimum atomic E-state index is -0.917. The standard InChI is InChI=1S/C15H19F2NO2/c1-2-10-6-7-18(14(8-10)15(19)20)9-11-12(16)4-3-5-13(11)17/h3-5,10,14H,2,6-9H2,1H3,(H,19,20). The molecule has 1 fully saturated rings. The minimum absolute atomic E-state index is 0.00586. The van der Waals surface area contributed by atoms with Gasteiger partial charge in [-0.25, -0.2) is 8.78 Å². The van der Waals surface area contributed by atoms with Crippen molar-refractivity contribution in [1.82, 2.24) is 4.90 Å². The van der Waals surface area contributed by atoms with Gasteiger partial charge in [0.2, 0.25) is 0 Å². The van der Waals surface area contributed by atoms with Gasteiger partial charge >= 0.3 is 5.97 Å². The molecule has 1 saturated heterocycles. The van der Waals surface area contributed by atoms with Gasteiger partial charge in [-0.15, -0.1) is 0 Å². The van der Waals surface area contributed by atoms with E-state index in [1.807, 2.05) is 6.92 Å². The van der Waals surface area contributed by atoms with Gasteiger partial charge < -0.3 is 5.11 Å². The molecule has 20 heavy (non-hydrogen) atoms. The fourth-order valence-corrected chi connectivity index (χ4v) is 2.79. The summed E-state index contributed by atoms with van der Waals surface area (Å²) < 4.78 is 27.3. The molecule has 1 N–H and O–H groups in total. The van der Waals surface area contributed by atoms with E-state index in [1.54, 1.807) is 4.90 Å². The number of piperidine rings is 1. The number of benzene rings is 1. The second-order valence-corrected chi connectivity index (χ2v) is 5.32. The molecule has 1 aromatic rings. The van der Waals surface area contributed by atoms with Crippen LogP contribution in [0.4, 0.5) is 8.78 Å². The highest BCUT2D eigenvalue weighted by Crippen LogP contribution is 2.27. The molecule has 1 aromatic carbocycles. The summed E-state index contributed by atoms with van der Waals surface area (Å²) in [5.41, 5.74) is -0.0475. The largest absolute Gasteiger partial charge is 0.480 e. The van der Waals surface area contributed by atoms with E-state index < -0.39 is 23.6 Å². The first-order chi connectivity index (χ1) is 9.52. The number of hydrogen-bond acceptors (Lipinski definition) is 2. The van der Waals surface area contributed by atoms with Crippen molar-refractivity contribution in [3.8, 4) is 0 Å². The summed E-state index contributed by atoms with van der Waals surface area (Å²) in [6, 6.07) is 3.05. The van der Waals surface area contributed by atoms with E-state index in [0.717, 1.165) is 12.8 Å². The topological polar surface area (TPSA) is 40.5 Å². The number of rotatable bonds is 4. The average molecular weight is 283 g/mol. The molecule has 0 saturated carbocycles. The van der Waals surface area contributed by atoms with Gasteiger partial charge in [0.25, 0.3) is 0 Å². The van der Waals surface area contributed by atoms with E-state index in [4.69, 9.17) is 0 Å². The van der Waals surface area contributed by atoms with Gasteiger partial charge in [0.1, 0.15) is 17.7 Å². The Hall–Kier alpha value is -1.49. The first-order valence-electron chi connectivity index (χ1n) is 6.92. The predicted molar refractivity (Wildman–Crippen MR) is 71.2 cm³/mol. The van der Waals surface area contributed by atoms with Gasteiger partial charge in [-0.1, -0.05) is 19.4 Å². The van der Waals surface area contributed by atoms with Crippen LogP contribution in [0.15, 0.2) is 18.2 Å². The van der Waals surface area contributed by atoms with E-state index in [-0.39, 0.29) is 12.1 Å². The third-order valence-corrected chi connectivity index (χ3v) is 4.11. The van der Waals surface area contributed by atoms with Crippen LogP contribution in [0.1, 0.15) is 31.7 Å². The number of nitrogens with zero attached hydrogens (tertiary/aromatic N) is 1. The highest BCUT2D eigenvalue weighted by Gasteiger charge is 2.33. The van der Waals surface area contributed by atoms with Gasteiger partial charge in [0, 0.05) is 12.1 Å². The summed E-state index contributed by atoms with van der Waals surface area (Å²) in [5, 5.41) is 9.31. The molecular weight excluding hydrogens is 264 g/mol. The van der Waals surface area contributed by atoms with Crippen molar-refractivity contribution < 1.29 is 18.7 Å². The molecule has 110 valence electrons. The monoisotopic (exact) mass is 283 g/mol. The number of halogens is 2. The Labute approximate surface area is 117 Å². The van der Waals surface area contributed by atoms with Crippen molar-refractivity contribution in [2.24, 2.45) is 5.92 Å². The minimum Gasteiger partial charge on any atom is -0.480 e. The molecule has 1 aliphatic heterocycles. The molecular formula is C15H19F2NO2. The Morgan fingerprint density at radius 2 is 2.05 bits per heavy atom. The van der Waals surface area contributed by atoms with Crippen LogP contribution in [0.25, 0.3) is 0 Å². The van der Waals surface area contributed by atoms with E-state index in [0.29, 0.717) is 18.9 Å². The van der Waals surface area contributed by atoms with Crippen LogP contribution in [-0.2, 0) is 11.3 Å². The van der Waals surface area contributed by atoms with Gasteiger partial charge in [-0.05, 0) is 37.4 Å². The van der Waals surface area contributed by atoms with E-state index in [9.17, 15) is 18.7 Å². The smallest absolute Gasteiger partial charge is 0.320 e. The summed E-state index contributed by atoms with van der Waals surface area (Å²) in [6.07, 6.45) is 2.35. The summed E-state index contributed by atoms with van der Waals surface area (Å²) in [6.45, 7) is 2.60. The highest BCUT2D eigenvalue weighted by molar-refractivity contribution is 5.73. The zero-order chi connectivity index (χ0) is 14.7. The molecule has 5 heteroatoms. The maximum atomic E-state index is 13.7. The maximum absolute atomic E-state index is 13.7. The quantitative estimate of drug-likeness (QED) is 0.923. The Bertz CT molecular complexity index is 473. The van der Waals surface area contributed by atoms with Gasteiger partial charge in [-0.2, -0.15) is 0 Å². The molecule has 1 aliphatic rings. The second kappa shape index (κ2) is 6.31. The third kappa shape index (κ3) is 3.15. The summed E-state index contributed by atoms with van der Waals surface area (Å²) in [7, 11) is 0. The molecule has 2 unspecified atom stereocenters. The summed E-state index contributed by atoms with van der Waals surface area (Å²) >= 11 is 0. The van der Waals surface area contributed by atoms with Crippen molar-refractivity contribution in [2.45, 2.75) is 38.8 Å². The fraction of sp³-hybridized carbons (Fsp3) is 0.533. The lowest BCUT2D eigenvalue weighted by Gasteiger charge is -2.37. The zero-order valence-electron chi connectivity index (χ0n) is 11.5. The van der Waals surface area contributed by atoms with Crippen LogP contribution in [0, 0.1) is 17.6 Å². The normalized spacial score (nSPS) is 23.8. The highest BCUT2D eigenvalue weighted by atomic mass is 19.1. The van der Waals surface area contributed by atoms with Gasteiger partial charge in [0.15, 0.2) is 0 Å². The van der Waals surface area contributed by atoms with Crippen LogP contribution in [-0.4, -0.2) is 28.6 Å². The van der Waals surface area contributed by atoms with Crippen molar-refractivity contribution in [3.05, 3.63) is 35.4 Å². The number of aliphatic carboxylic acids is 1. The second-order valence-electron chi connectivity index (χ2n) is 5.32. The van der Waals surface area contributed by atoms with Gasteiger partial charge in [-0.3, -0.25) is 9.69 Å². The molecule has 0 aliphatic carbocycles. The Morgan fingerprint density at radius 1 is 1.40 bits per heavy atom. The van der Waals surface area contributed by atoms with Crippen molar-refractivity contribution in [3.63, 3.8) is 0 Å². The molecule has 2 atom stereocenters. The lowest BCUT2D eigenvalue weighted by atomic mass is 9.88. The fourth-order valence-electron chi connectivity index (χ4n) is 2.79. The van der Waals surface area contributed by atoms with Crippen molar-refractivity contribution in [2.75, 3.05) is 6.54 Å². The Balaban J connectivity index is 2.17. The SMILES string of the molecule is CCC1CCN(Cc2c(F)cccc2F)C(C(=O)O)C1. The number of carboxylic acids is 1. The number of carboxylic acid groups (broad SMARTS) is 1. The maximum Gasteiger partial charge on any atom is 0.320 e. The van der Waals surface area contributed by atoms with Crippen LogP contribution in [0.3, 0.4) is 0 Å². The summed E-state index contributed by atoms with van der Waals surface area (Å²) in [4.78, 5) is 13.0. The van der Waals surface area contributed by atoms with Crippen molar-refractivity contribution in [1.29, 1.82) is 0 Å². The number of carbonyl (C=O) groups is 1. The number of likely N-dealkylation sites (tertiary alicyclic amines) is 1. The van der Waals surface area contributed by atoms with Gasteiger partial charge in [0.05, 0.1) is 0 Å². The van der Waals surface area contributed by atoms with Crippen LogP contribution >= 0.6 is 0 Å². The predicted octanol–water partition coefficient (Wildman–Crippen LogP) is 3.04. The lowest BCUT2D eigenvalue weighted by molar-refractivity contribution is -0.145. The molecule has 2 rings (SSSR count). The van der Waals surface area contributed by atoms with E-state index >= 15 is 0 Å². The lowest BCUT2D eigenvalue weighted by Crippen LogP contribution is -2.46. The molecule has 0 spiro atoms. The molecule has 1 heterocycles. The summed E-state index contributed by atoms with van der Waals surface area (Å²) in [5.74, 6) is -1.78. The molecule has 0 radical (unpaired) electrons. The Morgan fingerprint density at radius 3 is 2.60 bits per heavy atom.